The molecular formula is C26H29N3O2S. The molecule has 1 aliphatic rings. The summed E-state index contributed by atoms with van der Waals surface area (Å²) in [6, 6.07) is 20.3. The van der Waals surface area contributed by atoms with Crippen molar-refractivity contribution in [2.75, 3.05) is 11.9 Å². The number of nitrogens with one attached hydrogen (secondary N) is 1. The van der Waals surface area contributed by atoms with Crippen molar-refractivity contribution in [2.24, 2.45) is 0 Å². The molecule has 1 aliphatic carbocycles. The van der Waals surface area contributed by atoms with E-state index in [9.17, 15) is 9.59 Å². The van der Waals surface area contributed by atoms with Crippen molar-refractivity contribution in [3.63, 3.8) is 0 Å². The lowest BCUT2D eigenvalue weighted by molar-refractivity contribution is -0.125. The van der Waals surface area contributed by atoms with Gasteiger partial charge in [0.2, 0.25) is 11.8 Å². The minimum absolute atomic E-state index is 0.0835. The van der Waals surface area contributed by atoms with Crippen molar-refractivity contribution < 1.29 is 9.59 Å². The van der Waals surface area contributed by atoms with Crippen LogP contribution in [0.1, 0.15) is 59.8 Å². The number of aryl methyl sites for hydroxylation is 1. The summed E-state index contributed by atoms with van der Waals surface area (Å²) in [5.41, 5.74) is 3.53. The Kier molecular flexibility index (Phi) is 7.00. The first-order chi connectivity index (χ1) is 15.5. The number of thiazole rings is 1. The van der Waals surface area contributed by atoms with Crippen LogP contribution in [0.5, 0.6) is 0 Å². The minimum Gasteiger partial charge on any atom is -0.350 e. The molecule has 0 bridgehead atoms. The molecule has 4 rings (SSSR count). The van der Waals surface area contributed by atoms with E-state index in [1.54, 1.807) is 23.3 Å². The summed E-state index contributed by atoms with van der Waals surface area (Å²) < 4.78 is 0. The SMILES string of the molecule is C[C@@H](NC(=O)CCC(=O)N(C)c1nc2c(s1)C[C@@H](c1ccccc1)CC2)c1ccccc1. The van der Waals surface area contributed by atoms with Gasteiger partial charge in [0, 0.05) is 24.8 Å². The Labute approximate surface area is 193 Å². The van der Waals surface area contributed by atoms with Gasteiger partial charge in [-0.25, -0.2) is 4.98 Å². The molecule has 0 aliphatic heterocycles. The van der Waals surface area contributed by atoms with Crippen LogP contribution in [0.3, 0.4) is 0 Å². The molecule has 3 aromatic rings. The maximum absolute atomic E-state index is 12.7. The fourth-order valence-electron chi connectivity index (χ4n) is 4.15. The van der Waals surface area contributed by atoms with Crippen LogP contribution in [0.2, 0.25) is 0 Å². The molecule has 1 heterocycles. The number of nitrogens with zero attached hydrogens (tertiary/aromatic N) is 2. The number of carbonyl (C=O) groups excluding carboxylic acids is 2. The molecule has 32 heavy (non-hydrogen) atoms. The Morgan fingerprint density at radius 1 is 1.09 bits per heavy atom. The average Bonchev–Trinajstić information content (AvgIpc) is 3.26. The van der Waals surface area contributed by atoms with Gasteiger partial charge >= 0.3 is 0 Å². The average molecular weight is 448 g/mol. The third kappa shape index (κ3) is 5.25. The summed E-state index contributed by atoms with van der Waals surface area (Å²) in [4.78, 5) is 32.7. The summed E-state index contributed by atoms with van der Waals surface area (Å²) in [5.74, 6) is 0.304. The topological polar surface area (TPSA) is 62.3 Å². The Balaban J connectivity index is 1.31. The van der Waals surface area contributed by atoms with Crippen LogP contribution in [-0.4, -0.2) is 23.8 Å². The molecule has 2 aromatic carbocycles. The van der Waals surface area contributed by atoms with E-state index >= 15 is 0 Å². The highest BCUT2D eigenvalue weighted by atomic mass is 32.1. The summed E-state index contributed by atoms with van der Waals surface area (Å²) in [7, 11) is 1.76. The quantitative estimate of drug-likeness (QED) is 0.552. The maximum Gasteiger partial charge on any atom is 0.229 e. The predicted octanol–water partition coefficient (Wildman–Crippen LogP) is 5.04. The molecule has 5 nitrogen and oxygen atoms in total. The zero-order valence-corrected chi connectivity index (χ0v) is 19.4. The van der Waals surface area contributed by atoms with Gasteiger partial charge in [0.15, 0.2) is 5.13 Å². The molecule has 166 valence electrons. The molecule has 2 atom stereocenters. The van der Waals surface area contributed by atoms with E-state index in [-0.39, 0.29) is 30.7 Å². The van der Waals surface area contributed by atoms with Gasteiger partial charge in [-0.05, 0) is 43.2 Å². The van der Waals surface area contributed by atoms with Crippen molar-refractivity contribution in [1.29, 1.82) is 0 Å². The Hall–Kier alpha value is -2.99. The van der Waals surface area contributed by atoms with Crippen LogP contribution in [0, 0.1) is 0 Å². The number of hydrogen-bond acceptors (Lipinski definition) is 4. The lowest BCUT2D eigenvalue weighted by Crippen LogP contribution is -2.30. The zero-order chi connectivity index (χ0) is 22.5. The van der Waals surface area contributed by atoms with Gasteiger partial charge in [0.05, 0.1) is 11.7 Å². The van der Waals surface area contributed by atoms with Crippen LogP contribution in [-0.2, 0) is 22.4 Å². The maximum atomic E-state index is 12.7. The van der Waals surface area contributed by atoms with E-state index < -0.39 is 0 Å². The van der Waals surface area contributed by atoms with Gasteiger partial charge in [-0.15, -0.1) is 11.3 Å². The lowest BCUT2D eigenvalue weighted by Gasteiger charge is -2.21. The van der Waals surface area contributed by atoms with Crippen LogP contribution in [0.15, 0.2) is 60.7 Å². The summed E-state index contributed by atoms with van der Waals surface area (Å²) in [5, 5.41) is 3.70. The second-order valence-electron chi connectivity index (χ2n) is 8.37. The highest BCUT2D eigenvalue weighted by Gasteiger charge is 2.26. The molecule has 0 saturated heterocycles. The van der Waals surface area contributed by atoms with Crippen molar-refractivity contribution in [3.8, 4) is 0 Å². The van der Waals surface area contributed by atoms with Gasteiger partial charge in [-0.3, -0.25) is 14.5 Å². The number of benzene rings is 2. The highest BCUT2D eigenvalue weighted by molar-refractivity contribution is 7.16. The van der Waals surface area contributed by atoms with Crippen LogP contribution < -0.4 is 10.2 Å². The normalized spacial score (nSPS) is 16.1. The standard InChI is InChI=1S/C26H29N3O2S/c1-18(19-9-5-3-6-10-19)27-24(30)15-16-25(31)29(2)26-28-22-14-13-21(17-23(22)32-26)20-11-7-4-8-12-20/h3-12,18,21H,13-17H2,1-2H3,(H,27,30)/t18-,21+/m1/s1. The van der Waals surface area contributed by atoms with Gasteiger partial charge in [0.1, 0.15) is 0 Å². The molecule has 0 radical (unpaired) electrons. The molecule has 0 unspecified atom stereocenters. The molecule has 0 fully saturated rings. The number of fused-ring (bicyclic) bond motifs is 1. The summed E-state index contributed by atoms with van der Waals surface area (Å²) in [6.45, 7) is 1.95. The number of hydrogen-bond donors (Lipinski definition) is 1. The Morgan fingerprint density at radius 2 is 1.78 bits per heavy atom. The second kappa shape index (κ2) is 10.1. The summed E-state index contributed by atoms with van der Waals surface area (Å²) >= 11 is 1.61. The number of carbonyl (C=O) groups is 2. The van der Waals surface area contributed by atoms with Gasteiger partial charge in [0.25, 0.3) is 0 Å². The van der Waals surface area contributed by atoms with Gasteiger partial charge in [-0.1, -0.05) is 60.7 Å². The van der Waals surface area contributed by atoms with E-state index in [0.29, 0.717) is 5.92 Å². The molecular weight excluding hydrogens is 418 g/mol. The number of rotatable bonds is 7. The van der Waals surface area contributed by atoms with E-state index in [1.165, 1.54) is 10.4 Å². The summed E-state index contributed by atoms with van der Waals surface area (Å²) in [6.07, 6.45) is 3.33. The number of aromatic nitrogens is 1. The first-order valence-corrected chi connectivity index (χ1v) is 12.0. The molecule has 6 heteroatoms. The first kappa shape index (κ1) is 22.2. The fourth-order valence-corrected chi connectivity index (χ4v) is 5.31. The first-order valence-electron chi connectivity index (χ1n) is 11.2. The largest absolute Gasteiger partial charge is 0.350 e. The lowest BCUT2D eigenvalue weighted by atomic mass is 9.85. The van der Waals surface area contributed by atoms with Crippen LogP contribution in [0.25, 0.3) is 0 Å². The monoisotopic (exact) mass is 447 g/mol. The Morgan fingerprint density at radius 3 is 2.50 bits per heavy atom. The Bertz CT molecular complexity index is 1070. The highest BCUT2D eigenvalue weighted by Crippen LogP contribution is 2.37. The molecule has 0 spiro atoms. The van der Waals surface area contributed by atoms with Crippen molar-refractivity contribution >= 4 is 28.3 Å². The third-order valence-corrected chi connectivity index (χ3v) is 7.30. The van der Waals surface area contributed by atoms with E-state index in [2.05, 4.69) is 29.6 Å². The van der Waals surface area contributed by atoms with Crippen molar-refractivity contribution in [2.45, 2.75) is 51.0 Å². The minimum atomic E-state index is -0.118. The molecule has 1 aromatic heterocycles. The van der Waals surface area contributed by atoms with Gasteiger partial charge < -0.3 is 5.32 Å². The molecule has 2 amide bonds. The van der Waals surface area contributed by atoms with Crippen molar-refractivity contribution in [1.82, 2.24) is 10.3 Å². The molecule has 0 saturated carbocycles. The van der Waals surface area contributed by atoms with E-state index in [0.717, 1.165) is 35.7 Å². The number of anilines is 1. The predicted molar refractivity (Wildman–Crippen MR) is 129 cm³/mol. The second-order valence-corrected chi connectivity index (χ2v) is 9.43. The van der Waals surface area contributed by atoms with Gasteiger partial charge in [-0.2, -0.15) is 0 Å². The van der Waals surface area contributed by atoms with E-state index in [4.69, 9.17) is 4.98 Å². The van der Waals surface area contributed by atoms with Crippen molar-refractivity contribution in [3.05, 3.63) is 82.4 Å². The van der Waals surface area contributed by atoms with E-state index in [1.807, 2.05) is 43.3 Å². The third-order valence-electron chi connectivity index (χ3n) is 6.10. The zero-order valence-electron chi connectivity index (χ0n) is 18.6. The molecule has 1 N–H and O–H groups in total. The van der Waals surface area contributed by atoms with Crippen LogP contribution in [0.4, 0.5) is 5.13 Å². The number of amides is 2. The fraction of sp³-hybridized carbons (Fsp3) is 0.346. The van der Waals surface area contributed by atoms with Crippen LogP contribution >= 0.6 is 11.3 Å². The smallest absolute Gasteiger partial charge is 0.229 e.